The minimum absolute atomic E-state index is 0. The summed E-state index contributed by atoms with van der Waals surface area (Å²) in [6, 6.07) is 27.8. The highest BCUT2D eigenvalue weighted by atomic mass is 35.5. The number of ether oxygens (including phenoxy) is 1. The Morgan fingerprint density at radius 2 is 1.48 bits per heavy atom. The largest absolute Gasteiger partial charge is 0.457 e. The number of nitrogens with zero attached hydrogens (tertiary/aromatic N) is 1. The number of nitrogens with one attached hydrogen (secondary N) is 1. The summed E-state index contributed by atoms with van der Waals surface area (Å²) in [5.41, 5.74) is 2.97. The van der Waals surface area contributed by atoms with Gasteiger partial charge in [0.15, 0.2) is 0 Å². The van der Waals surface area contributed by atoms with Gasteiger partial charge < -0.3 is 10.1 Å². The van der Waals surface area contributed by atoms with E-state index in [0.29, 0.717) is 0 Å². The minimum atomic E-state index is 0. The molecule has 0 unspecified atom stereocenters. The SMILES string of the molecule is Cl.c1ccc(Oc2cccc(Nc3ccnc4ccccc34)c2)cc1. The average molecular weight is 349 g/mol. The predicted octanol–water partition coefficient (Wildman–Crippen LogP) is 6.19. The molecule has 0 radical (unpaired) electrons. The molecule has 0 saturated carbocycles. The molecule has 0 aliphatic heterocycles. The van der Waals surface area contributed by atoms with E-state index in [2.05, 4.69) is 16.4 Å². The third-order valence-electron chi connectivity index (χ3n) is 3.74. The van der Waals surface area contributed by atoms with Gasteiger partial charge in [-0.3, -0.25) is 4.98 Å². The third-order valence-corrected chi connectivity index (χ3v) is 3.74. The number of halogens is 1. The number of aromatic nitrogens is 1. The van der Waals surface area contributed by atoms with Crippen molar-refractivity contribution < 1.29 is 4.74 Å². The second-order valence-corrected chi connectivity index (χ2v) is 5.44. The second kappa shape index (κ2) is 7.69. The number of anilines is 2. The number of para-hydroxylation sites is 2. The van der Waals surface area contributed by atoms with Crippen LogP contribution >= 0.6 is 12.4 Å². The molecule has 0 bridgehead atoms. The molecule has 0 saturated heterocycles. The predicted molar refractivity (Wildman–Crippen MR) is 105 cm³/mol. The fourth-order valence-corrected chi connectivity index (χ4v) is 2.62. The van der Waals surface area contributed by atoms with Gasteiger partial charge in [-0.1, -0.05) is 42.5 Å². The lowest BCUT2D eigenvalue weighted by atomic mass is 10.2. The molecule has 0 aliphatic rings. The Morgan fingerprint density at radius 3 is 2.36 bits per heavy atom. The topological polar surface area (TPSA) is 34.1 Å². The van der Waals surface area contributed by atoms with Crippen molar-refractivity contribution in [1.29, 1.82) is 0 Å². The summed E-state index contributed by atoms with van der Waals surface area (Å²) in [6.07, 6.45) is 1.81. The number of fused-ring (bicyclic) bond motifs is 1. The average Bonchev–Trinajstić information content (AvgIpc) is 2.63. The van der Waals surface area contributed by atoms with Gasteiger partial charge in [-0.15, -0.1) is 12.4 Å². The molecule has 124 valence electrons. The van der Waals surface area contributed by atoms with Crippen LogP contribution in [0.5, 0.6) is 11.5 Å². The Labute approximate surface area is 152 Å². The van der Waals surface area contributed by atoms with Crippen molar-refractivity contribution in [2.24, 2.45) is 0 Å². The summed E-state index contributed by atoms with van der Waals surface area (Å²) in [5, 5.41) is 4.55. The fraction of sp³-hybridized carbons (Fsp3) is 0. The van der Waals surface area contributed by atoms with Gasteiger partial charge in [-0.2, -0.15) is 0 Å². The highest BCUT2D eigenvalue weighted by Gasteiger charge is 2.03. The molecule has 0 atom stereocenters. The molecule has 0 fully saturated rings. The summed E-state index contributed by atoms with van der Waals surface area (Å²) in [4.78, 5) is 4.39. The lowest BCUT2D eigenvalue weighted by molar-refractivity contribution is 0.483. The molecule has 4 heteroatoms. The van der Waals surface area contributed by atoms with E-state index in [9.17, 15) is 0 Å². The summed E-state index contributed by atoms with van der Waals surface area (Å²) >= 11 is 0. The van der Waals surface area contributed by atoms with Crippen LogP contribution in [0.15, 0.2) is 91.1 Å². The number of pyridine rings is 1. The van der Waals surface area contributed by atoms with Crippen molar-refractivity contribution in [1.82, 2.24) is 4.98 Å². The van der Waals surface area contributed by atoms with E-state index in [1.54, 1.807) is 0 Å². The van der Waals surface area contributed by atoms with Crippen LogP contribution in [0.25, 0.3) is 10.9 Å². The Bertz CT molecular complexity index is 968. The van der Waals surface area contributed by atoms with Gasteiger partial charge in [-0.05, 0) is 36.4 Å². The van der Waals surface area contributed by atoms with Crippen LogP contribution in [0.2, 0.25) is 0 Å². The first kappa shape index (κ1) is 16.8. The monoisotopic (exact) mass is 348 g/mol. The number of hydrogen-bond acceptors (Lipinski definition) is 3. The van der Waals surface area contributed by atoms with Gasteiger partial charge >= 0.3 is 0 Å². The first-order valence-electron chi connectivity index (χ1n) is 7.82. The highest BCUT2D eigenvalue weighted by Crippen LogP contribution is 2.28. The maximum atomic E-state index is 5.89. The van der Waals surface area contributed by atoms with Gasteiger partial charge in [0.25, 0.3) is 0 Å². The number of benzene rings is 3. The molecule has 4 rings (SSSR count). The normalized spacial score (nSPS) is 10.1. The van der Waals surface area contributed by atoms with Gasteiger partial charge in [0, 0.05) is 29.0 Å². The van der Waals surface area contributed by atoms with E-state index in [0.717, 1.165) is 33.8 Å². The first-order valence-corrected chi connectivity index (χ1v) is 7.82. The maximum absolute atomic E-state index is 5.89. The zero-order valence-electron chi connectivity index (χ0n) is 13.4. The minimum Gasteiger partial charge on any atom is -0.457 e. The van der Waals surface area contributed by atoms with Crippen LogP contribution in [0.1, 0.15) is 0 Å². The molecule has 4 aromatic rings. The van der Waals surface area contributed by atoms with Gasteiger partial charge in [0.05, 0.1) is 5.52 Å². The highest BCUT2D eigenvalue weighted by molar-refractivity contribution is 5.92. The Morgan fingerprint density at radius 1 is 0.720 bits per heavy atom. The van der Waals surface area contributed by atoms with E-state index in [1.165, 1.54) is 0 Å². The Kier molecular flexibility index (Phi) is 5.17. The quantitative estimate of drug-likeness (QED) is 0.477. The summed E-state index contributed by atoms with van der Waals surface area (Å²) in [5.74, 6) is 1.62. The zero-order valence-corrected chi connectivity index (χ0v) is 14.2. The van der Waals surface area contributed by atoms with Gasteiger partial charge in [0.1, 0.15) is 11.5 Å². The molecule has 0 spiro atoms. The molecular weight excluding hydrogens is 332 g/mol. The zero-order chi connectivity index (χ0) is 16.2. The van der Waals surface area contributed by atoms with E-state index in [1.807, 2.05) is 85.1 Å². The molecule has 0 amide bonds. The summed E-state index contributed by atoms with van der Waals surface area (Å²) < 4.78 is 5.89. The van der Waals surface area contributed by atoms with Crippen molar-refractivity contribution in [3.8, 4) is 11.5 Å². The van der Waals surface area contributed by atoms with Gasteiger partial charge in [0.2, 0.25) is 0 Å². The van der Waals surface area contributed by atoms with E-state index in [4.69, 9.17) is 4.74 Å². The molecular formula is C21H17ClN2O. The van der Waals surface area contributed by atoms with Gasteiger partial charge in [-0.25, -0.2) is 0 Å². The Hall–Kier alpha value is -3.04. The van der Waals surface area contributed by atoms with Crippen molar-refractivity contribution in [3.05, 3.63) is 91.1 Å². The molecule has 3 nitrogen and oxygen atoms in total. The van der Waals surface area contributed by atoms with Crippen LogP contribution in [0.4, 0.5) is 11.4 Å². The summed E-state index contributed by atoms with van der Waals surface area (Å²) in [6.45, 7) is 0. The van der Waals surface area contributed by atoms with Crippen molar-refractivity contribution >= 4 is 34.7 Å². The lowest BCUT2D eigenvalue weighted by Crippen LogP contribution is -1.93. The number of rotatable bonds is 4. The molecule has 1 heterocycles. The molecule has 0 aliphatic carbocycles. The van der Waals surface area contributed by atoms with Crippen LogP contribution in [-0.2, 0) is 0 Å². The lowest BCUT2D eigenvalue weighted by Gasteiger charge is -2.11. The van der Waals surface area contributed by atoms with Crippen LogP contribution < -0.4 is 10.1 Å². The summed E-state index contributed by atoms with van der Waals surface area (Å²) in [7, 11) is 0. The van der Waals surface area contributed by atoms with Crippen molar-refractivity contribution in [2.75, 3.05) is 5.32 Å². The van der Waals surface area contributed by atoms with Crippen LogP contribution in [0.3, 0.4) is 0 Å². The maximum Gasteiger partial charge on any atom is 0.129 e. The molecule has 1 aromatic heterocycles. The van der Waals surface area contributed by atoms with Crippen molar-refractivity contribution in [3.63, 3.8) is 0 Å². The van der Waals surface area contributed by atoms with E-state index < -0.39 is 0 Å². The first-order chi connectivity index (χ1) is 11.9. The third kappa shape index (κ3) is 3.90. The second-order valence-electron chi connectivity index (χ2n) is 5.44. The molecule has 3 aromatic carbocycles. The molecule has 25 heavy (non-hydrogen) atoms. The Balaban J connectivity index is 0.00000182. The smallest absolute Gasteiger partial charge is 0.129 e. The van der Waals surface area contributed by atoms with E-state index in [-0.39, 0.29) is 12.4 Å². The van der Waals surface area contributed by atoms with Crippen molar-refractivity contribution in [2.45, 2.75) is 0 Å². The fourth-order valence-electron chi connectivity index (χ4n) is 2.62. The standard InChI is InChI=1S/C21H16N2O.ClH/c1-2-8-17(9-3-1)24-18-10-6-7-16(15-18)23-21-13-14-22-20-12-5-4-11-19(20)21;/h1-15H,(H,22,23);1H. The number of hydrogen-bond donors (Lipinski definition) is 1. The molecule has 1 N–H and O–H groups in total. The van der Waals surface area contributed by atoms with Crippen LogP contribution in [-0.4, -0.2) is 4.98 Å². The van der Waals surface area contributed by atoms with Crippen LogP contribution in [0, 0.1) is 0 Å². The van der Waals surface area contributed by atoms with E-state index >= 15 is 0 Å².